The van der Waals surface area contributed by atoms with E-state index < -0.39 is 11.4 Å². The van der Waals surface area contributed by atoms with Crippen LogP contribution in [0.1, 0.15) is 10.4 Å². The number of hydrogen-bond acceptors (Lipinski definition) is 4. The minimum absolute atomic E-state index is 0.0935. The molecular formula is C12H8O4. The van der Waals surface area contributed by atoms with Gasteiger partial charge in [-0.1, -0.05) is 18.2 Å². The molecule has 1 aromatic carbocycles. The van der Waals surface area contributed by atoms with Gasteiger partial charge in [-0.3, -0.25) is 4.79 Å². The fraction of sp³-hybridized carbons (Fsp3) is 0. The van der Waals surface area contributed by atoms with Gasteiger partial charge in [0.15, 0.2) is 5.78 Å². The first-order valence-corrected chi connectivity index (χ1v) is 4.60. The first-order valence-electron chi connectivity index (χ1n) is 4.60. The van der Waals surface area contributed by atoms with Crippen LogP contribution in [0.3, 0.4) is 0 Å². The van der Waals surface area contributed by atoms with Crippen LogP contribution in [0.4, 0.5) is 0 Å². The molecule has 4 heteroatoms. The number of aliphatic hydroxyl groups is 1. The molecule has 2 rings (SSSR count). The molecule has 80 valence electrons. The lowest BCUT2D eigenvalue weighted by Crippen LogP contribution is -2.11. The molecule has 1 aromatic heterocycles. The topological polar surface area (TPSA) is 67.5 Å². The maximum atomic E-state index is 11.4. The smallest absolute Gasteiger partial charge is 0.347 e. The number of carbonyl (C=O) groups excluding carboxylic acids is 1. The van der Waals surface area contributed by atoms with Gasteiger partial charge in [0.05, 0.1) is 6.26 Å². The van der Waals surface area contributed by atoms with E-state index in [0.29, 0.717) is 17.2 Å². The Labute approximate surface area is 90.4 Å². The van der Waals surface area contributed by atoms with E-state index in [0.717, 1.165) is 6.08 Å². The monoisotopic (exact) mass is 216 g/mol. The van der Waals surface area contributed by atoms with Crippen LogP contribution >= 0.6 is 0 Å². The van der Waals surface area contributed by atoms with E-state index >= 15 is 0 Å². The standard InChI is InChI=1S/C12H8O4/c13-6-5-10(14)9-7-8-3-1-2-4-11(8)16-12(9)15/h1-7,13H. The second-order valence-corrected chi connectivity index (χ2v) is 3.17. The van der Waals surface area contributed by atoms with Gasteiger partial charge in [0.1, 0.15) is 11.1 Å². The Morgan fingerprint density at radius 3 is 2.81 bits per heavy atom. The summed E-state index contributed by atoms with van der Waals surface area (Å²) in [5, 5.41) is 9.13. The summed E-state index contributed by atoms with van der Waals surface area (Å²) in [6, 6.07) is 8.34. The van der Waals surface area contributed by atoms with E-state index in [2.05, 4.69) is 0 Å². The van der Waals surface area contributed by atoms with Gasteiger partial charge in [-0.05, 0) is 12.1 Å². The largest absolute Gasteiger partial charge is 0.515 e. The molecule has 0 atom stereocenters. The molecule has 0 aliphatic rings. The summed E-state index contributed by atoms with van der Waals surface area (Å²) < 4.78 is 4.97. The summed E-state index contributed by atoms with van der Waals surface area (Å²) in [5.41, 5.74) is -0.372. The number of fused-ring (bicyclic) bond motifs is 1. The van der Waals surface area contributed by atoms with Crippen molar-refractivity contribution in [2.45, 2.75) is 0 Å². The van der Waals surface area contributed by atoms with E-state index in [4.69, 9.17) is 9.52 Å². The second-order valence-electron chi connectivity index (χ2n) is 3.17. The van der Waals surface area contributed by atoms with Crippen molar-refractivity contribution in [1.82, 2.24) is 0 Å². The van der Waals surface area contributed by atoms with Crippen molar-refractivity contribution >= 4 is 16.8 Å². The van der Waals surface area contributed by atoms with Crippen LogP contribution in [0.15, 0.2) is 51.9 Å². The number of rotatable bonds is 2. The lowest BCUT2D eigenvalue weighted by atomic mass is 10.1. The van der Waals surface area contributed by atoms with Crippen LogP contribution in [-0.4, -0.2) is 10.9 Å². The Balaban J connectivity index is 2.67. The summed E-state index contributed by atoms with van der Waals surface area (Å²) in [6.07, 6.45) is 1.50. The third kappa shape index (κ3) is 1.72. The van der Waals surface area contributed by atoms with Crippen molar-refractivity contribution in [1.29, 1.82) is 0 Å². The maximum Gasteiger partial charge on any atom is 0.347 e. The van der Waals surface area contributed by atoms with E-state index in [1.54, 1.807) is 24.3 Å². The minimum atomic E-state index is -0.707. The van der Waals surface area contributed by atoms with Crippen molar-refractivity contribution in [2.75, 3.05) is 0 Å². The van der Waals surface area contributed by atoms with Crippen molar-refractivity contribution in [3.63, 3.8) is 0 Å². The second kappa shape index (κ2) is 4.02. The number of hydrogen-bond donors (Lipinski definition) is 1. The van der Waals surface area contributed by atoms with Gasteiger partial charge in [-0.15, -0.1) is 0 Å². The van der Waals surface area contributed by atoms with Crippen LogP contribution in [0.5, 0.6) is 0 Å². The molecule has 4 nitrogen and oxygen atoms in total. The van der Waals surface area contributed by atoms with Gasteiger partial charge < -0.3 is 9.52 Å². The molecule has 0 saturated carbocycles. The molecule has 0 aliphatic heterocycles. The molecule has 1 N–H and O–H groups in total. The quantitative estimate of drug-likeness (QED) is 0.361. The van der Waals surface area contributed by atoms with Crippen LogP contribution in [0.2, 0.25) is 0 Å². The van der Waals surface area contributed by atoms with Crippen LogP contribution < -0.4 is 5.63 Å². The average molecular weight is 216 g/mol. The Bertz CT molecular complexity index is 622. The van der Waals surface area contributed by atoms with E-state index in [-0.39, 0.29) is 5.56 Å². The summed E-state index contributed by atoms with van der Waals surface area (Å²) in [7, 11) is 0. The predicted molar refractivity (Wildman–Crippen MR) is 58.6 cm³/mol. The summed E-state index contributed by atoms with van der Waals surface area (Å²) >= 11 is 0. The fourth-order valence-electron chi connectivity index (χ4n) is 1.39. The molecule has 0 amide bonds. The zero-order valence-corrected chi connectivity index (χ0v) is 8.21. The predicted octanol–water partition coefficient (Wildman–Crippen LogP) is 2.05. The van der Waals surface area contributed by atoms with Crippen LogP contribution in [0.25, 0.3) is 11.0 Å². The number of benzene rings is 1. The van der Waals surface area contributed by atoms with Crippen molar-refractivity contribution in [3.8, 4) is 0 Å². The molecule has 0 spiro atoms. The average Bonchev–Trinajstić information content (AvgIpc) is 2.28. The van der Waals surface area contributed by atoms with E-state index in [1.807, 2.05) is 0 Å². The van der Waals surface area contributed by atoms with Crippen molar-refractivity contribution < 1.29 is 14.3 Å². The normalized spacial score (nSPS) is 11.0. The maximum absolute atomic E-state index is 11.4. The number of para-hydroxylation sites is 1. The van der Waals surface area contributed by atoms with Crippen molar-refractivity contribution in [3.05, 3.63) is 58.7 Å². The highest BCUT2D eigenvalue weighted by atomic mass is 16.4. The Kier molecular flexibility index (Phi) is 2.55. The molecule has 1 heterocycles. The first kappa shape index (κ1) is 10.2. The number of ketones is 1. The molecule has 0 unspecified atom stereocenters. The fourth-order valence-corrected chi connectivity index (χ4v) is 1.39. The highest BCUT2D eigenvalue weighted by Gasteiger charge is 2.10. The SMILES string of the molecule is O=C(C=CO)c1cc2ccccc2oc1=O. The molecule has 0 saturated heterocycles. The van der Waals surface area contributed by atoms with Gasteiger partial charge in [0, 0.05) is 11.5 Å². The molecule has 0 fully saturated rings. The van der Waals surface area contributed by atoms with Crippen LogP contribution in [-0.2, 0) is 0 Å². The lowest BCUT2D eigenvalue weighted by molar-refractivity contribution is 0.104. The van der Waals surface area contributed by atoms with E-state index in [9.17, 15) is 9.59 Å². The van der Waals surface area contributed by atoms with Gasteiger partial charge in [-0.2, -0.15) is 0 Å². The zero-order chi connectivity index (χ0) is 11.5. The number of allylic oxidation sites excluding steroid dienone is 1. The minimum Gasteiger partial charge on any atom is -0.515 e. The highest BCUT2D eigenvalue weighted by molar-refractivity contribution is 6.05. The van der Waals surface area contributed by atoms with Gasteiger partial charge >= 0.3 is 5.63 Å². The Hall–Kier alpha value is -2.36. The highest BCUT2D eigenvalue weighted by Crippen LogP contribution is 2.12. The number of carbonyl (C=O) groups is 1. The lowest BCUT2D eigenvalue weighted by Gasteiger charge is -1.97. The van der Waals surface area contributed by atoms with Gasteiger partial charge in [-0.25, -0.2) is 4.79 Å². The summed E-state index contributed by atoms with van der Waals surface area (Å²) in [6.45, 7) is 0. The Morgan fingerprint density at radius 2 is 2.06 bits per heavy atom. The Morgan fingerprint density at radius 1 is 1.31 bits per heavy atom. The van der Waals surface area contributed by atoms with Gasteiger partial charge in [0.2, 0.25) is 0 Å². The van der Waals surface area contributed by atoms with Gasteiger partial charge in [0.25, 0.3) is 0 Å². The first-order chi connectivity index (χ1) is 7.72. The van der Waals surface area contributed by atoms with E-state index in [1.165, 1.54) is 6.07 Å². The summed E-state index contributed by atoms with van der Waals surface area (Å²) in [5.74, 6) is -0.581. The molecule has 16 heavy (non-hydrogen) atoms. The van der Waals surface area contributed by atoms with Crippen molar-refractivity contribution in [2.24, 2.45) is 0 Å². The molecule has 2 aromatic rings. The molecular weight excluding hydrogens is 208 g/mol. The third-order valence-electron chi connectivity index (χ3n) is 2.13. The molecule has 0 aliphatic carbocycles. The molecule has 0 radical (unpaired) electrons. The number of aliphatic hydroxyl groups excluding tert-OH is 1. The van der Waals surface area contributed by atoms with Crippen LogP contribution in [0, 0.1) is 0 Å². The third-order valence-corrected chi connectivity index (χ3v) is 2.13. The zero-order valence-electron chi connectivity index (χ0n) is 8.21. The summed E-state index contributed by atoms with van der Waals surface area (Å²) in [4.78, 5) is 22.8. The molecule has 0 bridgehead atoms.